The molecule has 1 heterocycles. The van der Waals surface area contributed by atoms with Gasteiger partial charge < -0.3 is 19.1 Å². The van der Waals surface area contributed by atoms with Crippen molar-refractivity contribution in [2.24, 2.45) is 0 Å². The molecule has 0 spiro atoms. The van der Waals surface area contributed by atoms with Crippen LogP contribution >= 0.6 is 0 Å². The molecule has 0 radical (unpaired) electrons. The first-order valence-electron chi connectivity index (χ1n) is 8.59. The number of carbonyl (C=O) groups excluding carboxylic acids is 2. The van der Waals surface area contributed by atoms with Gasteiger partial charge in [-0.05, 0) is 38.1 Å². The molecule has 1 amide bonds. The van der Waals surface area contributed by atoms with Crippen LogP contribution < -0.4 is 14.4 Å². The predicted molar refractivity (Wildman–Crippen MR) is 96.7 cm³/mol. The third kappa shape index (κ3) is 3.64. The number of esters is 1. The van der Waals surface area contributed by atoms with E-state index in [1.807, 2.05) is 25.1 Å². The molecule has 1 aliphatic heterocycles. The van der Waals surface area contributed by atoms with E-state index >= 15 is 0 Å². The van der Waals surface area contributed by atoms with Crippen LogP contribution in [0.25, 0.3) is 0 Å². The zero-order chi connectivity index (χ0) is 18.5. The highest BCUT2D eigenvalue weighted by atomic mass is 16.5. The van der Waals surface area contributed by atoms with E-state index in [4.69, 9.17) is 14.2 Å². The minimum absolute atomic E-state index is 0.0965. The minimum atomic E-state index is -0.410. The van der Waals surface area contributed by atoms with E-state index in [2.05, 4.69) is 0 Å². The standard InChI is InChI=1S/C20H21NO5/c1-3-24-17-10-6-8-15-12-21(18(22)13-26-19(15)17)16-9-5-7-14(11-16)20(23)25-4-2/h5-11H,3-4,12-13H2,1-2H3. The second-order valence-corrected chi connectivity index (χ2v) is 5.72. The molecule has 6 heteroatoms. The summed E-state index contributed by atoms with van der Waals surface area (Å²) in [6.45, 7) is 4.70. The first-order chi connectivity index (χ1) is 12.6. The molecule has 0 aromatic heterocycles. The third-order valence-corrected chi connectivity index (χ3v) is 4.00. The number of carbonyl (C=O) groups is 2. The van der Waals surface area contributed by atoms with Gasteiger partial charge in [-0.2, -0.15) is 0 Å². The Balaban J connectivity index is 1.93. The molecule has 2 aromatic rings. The first kappa shape index (κ1) is 17.8. The Morgan fingerprint density at radius 3 is 2.73 bits per heavy atom. The topological polar surface area (TPSA) is 65.1 Å². The lowest BCUT2D eigenvalue weighted by Crippen LogP contribution is -2.32. The van der Waals surface area contributed by atoms with Crippen molar-refractivity contribution in [3.8, 4) is 11.5 Å². The Hall–Kier alpha value is -3.02. The van der Waals surface area contributed by atoms with Crippen molar-refractivity contribution in [3.63, 3.8) is 0 Å². The summed E-state index contributed by atoms with van der Waals surface area (Å²) < 4.78 is 16.3. The van der Waals surface area contributed by atoms with Gasteiger partial charge >= 0.3 is 5.97 Å². The van der Waals surface area contributed by atoms with E-state index < -0.39 is 5.97 Å². The molecule has 2 aromatic carbocycles. The molecule has 136 valence electrons. The normalized spacial score (nSPS) is 13.5. The molecule has 0 saturated heterocycles. The first-order valence-corrected chi connectivity index (χ1v) is 8.59. The average molecular weight is 355 g/mol. The van der Waals surface area contributed by atoms with Crippen molar-refractivity contribution < 1.29 is 23.8 Å². The number of benzene rings is 2. The lowest BCUT2D eigenvalue weighted by atomic mass is 10.1. The number of para-hydroxylation sites is 1. The number of fused-ring (bicyclic) bond motifs is 1. The number of rotatable bonds is 5. The maximum Gasteiger partial charge on any atom is 0.338 e. The van der Waals surface area contributed by atoms with Crippen LogP contribution in [0, 0.1) is 0 Å². The van der Waals surface area contributed by atoms with Gasteiger partial charge in [0, 0.05) is 11.3 Å². The highest BCUT2D eigenvalue weighted by Gasteiger charge is 2.25. The van der Waals surface area contributed by atoms with Crippen molar-refractivity contribution >= 4 is 17.6 Å². The molecule has 0 bridgehead atoms. The lowest BCUT2D eigenvalue weighted by Gasteiger charge is -2.20. The van der Waals surface area contributed by atoms with Crippen LogP contribution in [0.4, 0.5) is 5.69 Å². The molecule has 0 aliphatic carbocycles. The number of hydrogen-bond acceptors (Lipinski definition) is 5. The molecule has 0 atom stereocenters. The third-order valence-electron chi connectivity index (χ3n) is 4.00. The number of anilines is 1. The molecule has 3 rings (SSSR count). The van der Waals surface area contributed by atoms with Crippen LogP contribution in [0.2, 0.25) is 0 Å². The Bertz CT molecular complexity index is 818. The summed E-state index contributed by atoms with van der Waals surface area (Å²) in [6.07, 6.45) is 0. The van der Waals surface area contributed by atoms with Gasteiger partial charge in [-0.15, -0.1) is 0 Å². The van der Waals surface area contributed by atoms with Gasteiger partial charge in [0.05, 0.1) is 25.3 Å². The molecule has 26 heavy (non-hydrogen) atoms. The van der Waals surface area contributed by atoms with Crippen molar-refractivity contribution in [1.82, 2.24) is 0 Å². The van der Waals surface area contributed by atoms with Crippen LogP contribution in [-0.4, -0.2) is 31.7 Å². The van der Waals surface area contributed by atoms with Crippen molar-refractivity contribution in [3.05, 3.63) is 53.6 Å². The van der Waals surface area contributed by atoms with Gasteiger partial charge in [0.25, 0.3) is 5.91 Å². The van der Waals surface area contributed by atoms with E-state index in [9.17, 15) is 9.59 Å². The van der Waals surface area contributed by atoms with Crippen molar-refractivity contribution in [1.29, 1.82) is 0 Å². The smallest absolute Gasteiger partial charge is 0.338 e. The van der Waals surface area contributed by atoms with E-state index in [1.165, 1.54) is 0 Å². The summed E-state index contributed by atoms with van der Waals surface area (Å²) >= 11 is 0. The Morgan fingerprint density at radius 1 is 1.15 bits per heavy atom. The number of ether oxygens (including phenoxy) is 3. The highest BCUT2D eigenvalue weighted by Crippen LogP contribution is 2.35. The number of hydrogen-bond donors (Lipinski definition) is 0. The Morgan fingerprint density at radius 2 is 1.96 bits per heavy atom. The van der Waals surface area contributed by atoms with Gasteiger partial charge in [-0.3, -0.25) is 4.79 Å². The van der Waals surface area contributed by atoms with Crippen LogP contribution in [0.5, 0.6) is 11.5 Å². The fourth-order valence-electron chi connectivity index (χ4n) is 2.84. The largest absolute Gasteiger partial charge is 0.490 e. The van der Waals surface area contributed by atoms with Crippen LogP contribution in [0.3, 0.4) is 0 Å². The zero-order valence-electron chi connectivity index (χ0n) is 14.9. The van der Waals surface area contributed by atoms with Crippen molar-refractivity contribution in [2.75, 3.05) is 24.7 Å². The molecule has 0 fully saturated rings. The molecule has 1 aliphatic rings. The van der Waals surface area contributed by atoms with Crippen LogP contribution in [-0.2, 0) is 16.1 Å². The van der Waals surface area contributed by atoms with E-state index in [0.717, 1.165) is 5.56 Å². The molecular weight excluding hydrogens is 334 g/mol. The summed E-state index contributed by atoms with van der Waals surface area (Å²) in [7, 11) is 0. The van der Waals surface area contributed by atoms with Crippen LogP contribution in [0.1, 0.15) is 29.8 Å². The summed E-state index contributed by atoms with van der Waals surface area (Å²) in [4.78, 5) is 26.2. The second-order valence-electron chi connectivity index (χ2n) is 5.72. The second kappa shape index (κ2) is 7.91. The summed E-state index contributed by atoms with van der Waals surface area (Å²) in [5, 5.41) is 0. The minimum Gasteiger partial charge on any atom is -0.490 e. The van der Waals surface area contributed by atoms with Gasteiger partial charge in [0.2, 0.25) is 0 Å². The Labute approximate surface area is 152 Å². The van der Waals surface area contributed by atoms with Gasteiger partial charge in [-0.25, -0.2) is 4.79 Å². The van der Waals surface area contributed by atoms with E-state index in [1.54, 1.807) is 36.1 Å². The maximum atomic E-state index is 12.6. The summed E-state index contributed by atoms with van der Waals surface area (Å²) in [6, 6.07) is 12.4. The summed E-state index contributed by atoms with van der Waals surface area (Å²) in [5.41, 5.74) is 1.88. The number of nitrogens with zero attached hydrogens (tertiary/aromatic N) is 1. The summed E-state index contributed by atoms with van der Waals surface area (Å²) in [5.74, 6) is 0.614. The molecule has 0 unspecified atom stereocenters. The van der Waals surface area contributed by atoms with Crippen LogP contribution in [0.15, 0.2) is 42.5 Å². The monoisotopic (exact) mass is 355 g/mol. The predicted octanol–water partition coefficient (Wildman–Crippen LogP) is 3.19. The zero-order valence-corrected chi connectivity index (χ0v) is 14.9. The quantitative estimate of drug-likeness (QED) is 0.771. The average Bonchev–Trinajstić information content (AvgIpc) is 2.82. The van der Waals surface area contributed by atoms with Crippen molar-refractivity contribution in [2.45, 2.75) is 20.4 Å². The van der Waals surface area contributed by atoms with Gasteiger partial charge in [0.15, 0.2) is 18.1 Å². The number of amides is 1. The lowest BCUT2D eigenvalue weighted by molar-refractivity contribution is -0.120. The molecule has 6 nitrogen and oxygen atoms in total. The SMILES string of the molecule is CCOC(=O)c1cccc(N2Cc3cccc(OCC)c3OCC2=O)c1. The molecular formula is C20H21NO5. The molecule has 0 N–H and O–H groups in total. The van der Waals surface area contributed by atoms with Gasteiger partial charge in [-0.1, -0.05) is 18.2 Å². The highest BCUT2D eigenvalue weighted by molar-refractivity contribution is 5.97. The van der Waals surface area contributed by atoms with E-state index in [0.29, 0.717) is 42.5 Å². The fraction of sp³-hybridized carbons (Fsp3) is 0.300. The Kier molecular flexibility index (Phi) is 5.41. The maximum absolute atomic E-state index is 12.6. The fourth-order valence-corrected chi connectivity index (χ4v) is 2.84. The van der Waals surface area contributed by atoms with E-state index in [-0.39, 0.29) is 12.5 Å². The molecule has 0 saturated carbocycles. The van der Waals surface area contributed by atoms with Gasteiger partial charge in [0.1, 0.15) is 0 Å².